The lowest BCUT2D eigenvalue weighted by Crippen LogP contribution is -2.49. The normalized spacial score (nSPS) is 14.6. The number of carbonyl (C=O) groups is 2. The SMILES string of the molecule is Cc1cnc(C(=O)N(CCC(=O)N2CCN(CC=Cc3ccccc3)CC2)CCC(C)C)cn1. The summed E-state index contributed by atoms with van der Waals surface area (Å²) in [5.74, 6) is 0.423. The van der Waals surface area contributed by atoms with Crippen molar-refractivity contribution in [2.24, 2.45) is 5.92 Å². The van der Waals surface area contributed by atoms with E-state index in [1.54, 1.807) is 11.1 Å². The number of rotatable bonds is 10. The predicted octanol–water partition coefficient (Wildman–Crippen LogP) is 3.52. The maximum atomic E-state index is 13.0. The minimum Gasteiger partial charge on any atom is -0.340 e. The molecule has 7 nitrogen and oxygen atoms in total. The number of carbonyl (C=O) groups excluding carboxylic acids is 2. The van der Waals surface area contributed by atoms with Crippen LogP contribution in [0.25, 0.3) is 6.08 Å². The first-order chi connectivity index (χ1) is 16.4. The van der Waals surface area contributed by atoms with Gasteiger partial charge in [-0.05, 0) is 24.8 Å². The van der Waals surface area contributed by atoms with Crippen molar-refractivity contribution in [1.82, 2.24) is 24.7 Å². The molecule has 0 atom stereocenters. The first-order valence-corrected chi connectivity index (χ1v) is 12.2. The summed E-state index contributed by atoms with van der Waals surface area (Å²) in [7, 11) is 0. The number of aromatic nitrogens is 2. The van der Waals surface area contributed by atoms with Gasteiger partial charge in [-0.1, -0.05) is 56.3 Å². The minimum atomic E-state index is -0.157. The van der Waals surface area contributed by atoms with Gasteiger partial charge in [0.15, 0.2) is 0 Å². The first kappa shape index (κ1) is 25.6. The summed E-state index contributed by atoms with van der Waals surface area (Å²) in [6.45, 7) is 11.2. The minimum absolute atomic E-state index is 0.108. The molecular weight excluding hydrogens is 426 g/mol. The number of benzene rings is 1. The lowest BCUT2D eigenvalue weighted by Gasteiger charge is -2.34. The summed E-state index contributed by atoms with van der Waals surface area (Å²) in [4.78, 5) is 40.3. The summed E-state index contributed by atoms with van der Waals surface area (Å²) in [6, 6.07) is 10.3. The topological polar surface area (TPSA) is 69.6 Å². The Morgan fingerprint density at radius 1 is 1.03 bits per heavy atom. The Bertz CT molecular complexity index is 935. The molecule has 34 heavy (non-hydrogen) atoms. The quantitative estimate of drug-likeness (QED) is 0.539. The Kier molecular flexibility index (Phi) is 9.76. The third kappa shape index (κ3) is 8.06. The second kappa shape index (κ2) is 13.0. The van der Waals surface area contributed by atoms with Crippen molar-refractivity contribution in [2.75, 3.05) is 45.8 Å². The highest BCUT2D eigenvalue weighted by Crippen LogP contribution is 2.10. The highest BCUT2D eigenvalue weighted by Gasteiger charge is 2.23. The van der Waals surface area contributed by atoms with Crippen LogP contribution in [0.5, 0.6) is 0 Å². The van der Waals surface area contributed by atoms with E-state index in [1.807, 2.05) is 30.0 Å². The molecule has 1 aliphatic rings. The van der Waals surface area contributed by atoms with Crippen LogP contribution in [0, 0.1) is 12.8 Å². The van der Waals surface area contributed by atoms with Crippen LogP contribution in [0.2, 0.25) is 0 Å². The van der Waals surface area contributed by atoms with E-state index in [9.17, 15) is 9.59 Å². The molecule has 2 aromatic rings. The van der Waals surface area contributed by atoms with Gasteiger partial charge in [-0.2, -0.15) is 0 Å². The maximum absolute atomic E-state index is 13.0. The lowest BCUT2D eigenvalue weighted by molar-refractivity contribution is -0.133. The molecule has 0 saturated carbocycles. The van der Waals surface area contributed by atoms with Crippen molar-refractivity contribution in [3.05, 3.63) is 65.8 Å². The number of piperazine rings is 1. The van der Waals surface area contributed by atoms with Gasteiger partial charge in [-0.15, -0.1) is 0 Å². The van der Waals surface area contributed by atoms with Crippen molar-refractivity contribution in [2.45, 2.75) is 33.6 Å². The van der Waals surface area contributed by atoms with Gasteiger partial charge in [0.2, 0.25) is 5.91 Å². The largest absolute Gasteiger partial charge is 0.340 e. The van der Waals surface area contributed by atoms with Gasteiger partial charge in [-0.25, -0.2) is 4.98 Å². The molecule has 3 rings (SSSR count). The molecule has 0 N–H and O–H groups in total. The van der Waals surface area contributed by atoms with Gasteiger partial charge < -0.3 is 9.80 Å². The third-order valence-electron chi connectivity index (χ3n) is 6.06. The first-order valence-electron chi connectivity index (χ1n) is 12.2. The Morgan fingerprint density at radius 3 is 2.41 bits per heavy atom. The van der Waals surface area contributed by atoms with E-state index in [-0.39, 0.29) is 11.8 Å². The average Bonchev–Trinajstić information content (AvgIpc) is 2.85. The van der Waals surface area contributed by atoms with Gasteiger partial charge in [-0.3, -0.25) is 19.5 Å². The van der Waals surface area contributed by atoms with E-state index < -0.39 is 0 Å². The smallest absolute Gasteiger partial charge is 0.274 e. The van der Waals surface area contributed by atoms with Crippen molar-refractivity contribution in [3.63, 3.8) is 0 Å². The predicted molar refractivity (Wildman–Crippen MR) is 135 cm³/mol. The third-order valence-corrected chi connectivity index (χ3v) is 6.06. The van der Waals surface area contributed by atoms with Crippen LogP contribution in [-0.4, -0.2) is 82.3 Å². The van der Waals surface area contributed by atoms with E-state index in [0.29, 0.717) is 31.1 Å². The number of aryl methyl sites for hydroxylation is 1. The standard InChI is InChI=1S/C27H37N5O2/c1-22(2)11-14-32(27(34)25-21-28-23(3)20-29-25)15-12-26(33)31-18-16-30(17-19-31)13-7-10-24-8-5-4-6-9-24/h4-10,20-22H,11-19H2,1-3H3. The zero-order chi connectivity index (χ0) is 24.3. The molecule has 2 heterocycles. The number of hydrogen-bond donors (Lipinski definition) is 0. The molecule has 0 spiro atoms. The monoisotopic (exact) mass is 463 g/mol. The van der Waals surface area contributed by atoms with Crippen molar-refractivity contribution in [3.8, 4) is 0 Å². The van der Waals surface area contributed by atoms with Gasteiger partial charge >= 0.3 is 0 Å². The van der Waals surface area contributed by atoms with Crippen LogP contribution < -0.4 is 0 Å². The molecule has 182 valence electrons. The molecule has 1 fully saturated rings. The van der Waals surface area contributed by atoms with Crippen LogP contribution in [0.15, 0.2) is 48.8 Å². The average molecular weight is 464 g/mol. The molecule has 7 heteroatoms. The van der Waals surface area contributed by atoms with Crippen LogP contribution >= 0.6 is 0 Å². The van der Waals surface area contributed by atoms with E-state index >= 15 is 0 Å². The fourth-order valence-corrected chi connectivity index (χ4v) is 3.86. The molecule has 0 aliphatic carbocycles. The van der Waals surface area contributed by atoms with E-state index in [4.69, 9.17) is 0 Å². The molecule has 1 saturated heterocycles. The van der Waals surface area contributed by atoms with E-state index in [1.165, 1.54) is 11.8 Å². The Labute approximate surface area is 203 Å². The second-order valence-electron chi connectivity index (χ2n) is 9.26. The second-order valence-corrected chi connectivity index (χ2v) is 9.26. The zero-order valence-corrected chi connectivity index (χ0v) is 20.7. The van der Waals surface area contributed by atoms with E-state index in [0.717, 1.165) is 44.8 Å². The maximum Gasteiger partial charge on any atom is 0.274 e. The molecular formula is C27H37N5O2. The lowest BCUT2D eigenvalue weighted by atomic mass is 10.1. The van der Waals surface area contributed by atoms with Crippen molar-refractivity contribution < 1.29 is 9.59 Å². The van der Waals surface area contributed by atoms with Crippen LogP contribution in [-0.2, 0) is 4.79 Å². The highest BCUT2D eigenvalue weighted by atomic mass is 16.2. The summed E-state index contributed by atoms with van der Waals surface area (Å²) >= 11 is 0. The molecule has 1 aromatic heterocycles. The molecule has 0 unspecified atom stereocenters. The number of amides is 2. The molecule has 1 aliphatic heterocycles. The Hall–Kier alpha value is -3.06. The number of hydrogen-bond acceptors (Lipinski definition) is 5. The molecule has 2 amide bonds. The highest BCUT2D eigenvalue weighted by molar-refractivity contribution is 5.92. The molecule has 1 aromatic carbocycles. The zero-order valence-electron chi connectivity index (χ0n) is 20.7. The molecule has 0 radical (unpaired) electrons. The fourth-order valence-electron chi connectivity index (χ4n) is 3.86. The Balaban J connectivity index is 1.46. The van der Waals surface area contributed by atoms with Gasteiger partial charge in [0.1, 0.15) is 5.69 Å². The van der Waals surface area contributed by atoms with Crippen LogP contribution in [0.1, 0.15) is 48.4 Å². The summed E-state index contributed by atoms with van der Waals surface area (Å²) < 4.78 is 0. The number of nitrogens with zero attached hydrogens (tertiary/aromatic N) is 5. The van der Waals surface area contributed by atoms with Gasteiger partial charge in [0.25, 0.3) is 5.91 Å². The van der Waals surface area contributed by atoms with Crippen LogP contribution in [0.4, 0.5) is 0 Å². The van der Waals surface area contributed by atoms with Gasteiger partial charge in [0.05, 0.1) is 11.9 Å². The van der Waals surface area contributed by atoms with Crippen molar-refractivity contribution in [1.29, 1.82) is 0 Å². The molecule has 0 bridgehead atoms. The summed E-state index contributed by atoms with van der Waals surface area (Å²) in [5.41, 5.74) is 2.30. The van der Waals surface area contributed by atoms with Crippen molar-refractivity contribution >= 4 is 17.9 Å². The van der Waals surface area contributed by atoms with E-state index in [2.05, 4.69) is 53.0 Å². The Morgan fingerprint density at radius 2 is 1.76 bits per heavy atom. The van der Waals surface area contributed by atoms with Gasteiger partial charge in [0, 0.05) is 58.4 Å². The fraction of sp³-hybridized carbons (Fsp3) is 0.481. The summed E-state index contributed by atoms with van der Waals surface area (Å²) in [6.07, 6.45) is 8.66. The van der Waals surface area contributed by atoms with Crippen LogP contribution in [0.3, 0.4) is 0 Å². The summed E-state index contributed by atoms with van der Waals surface area (Å²) in [5, 5.41) is 0.